The van der Waals surface area contributed by atoms with Crippen LogP contribution in [0.2, 0.25) is 0 Å². The summed E-state index contributed by atoms with van der Waals surface area (Å²) < 4.78 is 10.8. The molecule has 0 heterocycles. The van der Waals surface area contributed by atoms with E-state index in [1.807, 2.05) is 30.3 Å². The maximum Gasteiger partial charge on any atom is 0.152 e. The third kappa shape index (κ3) is 6.53. The molecule has 0 aromatic heterocycles. The highest BCUT2D eigenvalue weighted by molar-refractivity contribution is 5.87. The Morgan fingerprint density at radius 1 is 1.25 bits per heavy atom. The number of hydrogen-bond acceptors (Lipinski definition) is 3. The number of methoxy groups -OCH3 is 1. The lowest BCUT2D eigenvalue weighted by molar-refractivity contribution is -0.112. The van der Waals surface area contributed by atoms with Crippen LogP contribution in [0.3, 0.4) is 0 Å². The minimum atomic E-state index is -0.0222. The van der Waals surface area contributed by atoms with Gasteiger partial charge in [0.15, 0.2) is 5.78 Å². The topological polar surface area (TPSA) is 35.5 Å². The van der Waals surface area contributed by atoms with Gasteiger partial charge in [0, 0.05) is 6.61 Å². The molecule has 1 aromatic carbocycles. The number of benzene rings is 1. The molecule has 0 saturated carbocycles. The molecule has 0 bridgehead atoms. The van der Waals surface area contributed by atoms with Gasteiger partial charge in [0.1, 0.15) is 5.75 Å². The first-order valence-corrected chi connectivity index (χ1v) is 6.83. The summed E-state index contributed by atoms with van der Waals surface area (Å²) in [6.07, 6.45) is 4.46. The molecule has 3 heteroatoms. The van der Waals surface area contributed by atoms with Crippen molar-refractivity contribution >= 4 is 5.78 Å². The molecule has 0 spiro atoms. The predicted octanol–water partition coefficient (Wildman–Crippen LogP) is 3.77. The van der Waals surface area contributed by atoms with Gasteiger partial charge in [-0.2, -0.15) is 0 Å². The van der Waals surface area contributed by atoms with Gasteiger partial charge in [0.25, 0.3) is 0 Å². The predicted molar refractivity (Wildman–Crippen MR) is 80.9 cm³/mol. The van der Waals surface area contributed by atoms with Gasteiger partial charge in [-0.15, -0.1) is 0 Å². The highest BCUT2D eigenvalue weighted by Crippen LogP contribution is 2.22. The van der Waals surface area contributed by atoms with Crippen LogP contribution in [-0.4, -0.2) is 19.5 Å². The van der Waals surface area contributed by atoms with E-state index < -0.39 is 0 Å². The summed E-state index contributed by atoms with van der Waals surface area (Å²) >= 11 is 0. The average molecular weight is 276 g/mol. The Kier molecular flexibility index (Phi) is 6.46. The van der Waals surface area contributed by atoms with Gasteiger partial charge in [-0.05, 0) is 42.5 Å². The Balaban J connectivity index is 2.31. The maximum absolute atomic E-state index is 10.9. The summed E-state index contributed by atoms with van der Waals surface area (Å²) in [5.74, 6) is 0.932. The van der Waals surface area contributed by atoms with Crippen molar-refractivity contribution in [3.8, 4) is 5.75 Å². The first-order valence-electron chi connectivity index (χ1n) is 6.83. The number of rotatable bonds is 8. The zero-order valence-electron chi connectivity index (χ0n) is 12.8. The van der Waals surface area contributed by atoms with Crippen LogP contribution in [0.25, 0.3) is 0 Å². The highest BCUT2D eigenvalue weighted by Gasteiger charge is 2.13. The van der Waals surface area contributed by atoms with Gasteiger partial charge in [0.05, 0.1) is 13.7 Å². The standard InChI is InChI=1S/C17H24O3/c1-14(18)9-10-17(2,3)11-12-20-13-15-5-7-16(19-4)8-6-15/h5-10H,11-13H2,1-4H3/b10-9-. The van der Waals surface area contributed by atoms with Crippen LogP contribution in [-0.2, 0) is 16.1 Å². The summed E-state index contributed by atoms with van der Waals surface area (Å²) in [6, 6.07) is 7.86. The van der Waals surface area contributed by atoms with Crippen LogP contribution >= 0.6 is 0 Å². The van der Waals surface area contributed by atoms with Crippen LogP contribution in [0.4, 0.5) is 0 Å². The molecular formula is C17H24O3. The second kappa shape index (κ2) is 7.85. The normalized spacial score (nSPS) is 11.8. The summed E-state index contributed by atoms with van der Waals surface area (Å²) in [6.45, 7) is 7.02. The van der Waals surface area contributed by atoms with E-state index >= 15 is 0 Å². The lowest BCUT2D eigenvalue weighted by Gasteiger charge is -2.19. The van der Waals surface area contributed by atoms with E-state index in [0.717, 1.165) is 17.7 Å². The van der Waals surface area contributed by atoms with Crippen LogP contribution in [0, 0.1) is 5.41 Å². The fourth-order valence-electron chi connectivity index (χ4n) is 1.67. The molecule has 0 N–H and O–H groups in total. The van der Waals surface area contributed by atoms with Crippen molar-refractivity contribution in [1.82, 2.24) is 0 Å². The quantitative estimate of drug-likeness (QED) is 0.535. The van der Waals surface area contributed by atoms with Crippen molar-refractivity contribution in [3.05, 3.63) is 42.0 Å². The first-order chi connectivity index (χ1) is 9.43. The van der Waals surface area contributed by atoms with Crippen molar-refractivity contribution in [2.75, 3.05) is 13.7 Å². The zero-order valence-corrected chi connectivity index (χ0v) is 12.8. The number of ketones is 1. The van der Waals surface area contributed by atoms with Gasteiger partial charge in [-0.25, -0.2) is 0 Å². The molecule has 0 amide bonds. The van der Waals surface area contributed by atoms with E-state index in [1.54, 1.807) is 20.1 Å². The van der Waals surface area contributed by atoms with Crippen LogP contribution in [0.1, 0.15) is 32.8 Å². The van der Waals surface area contributed by atoms with E-state index in [0.29, 0.717) is 13.2 Å². The fraction of sp³-hybridized carbons (Fsp3) is 0.471. The van der Waals surface area contributed by atoms with Gasteiger partial charge < -0.3 is 9.47 Å². The largest absolute Gasteiger partial charge is 0.497 e. The first kappa shape index (κ1) is 16.4. The van der Waals surface area contributed by atoms with Crippen molar-refractivity contribution in [1.29, 1.82) is 0 Å². The minimum Gasteiger partial charge on any atom is -0.497 e. The second-order valence-electron chi connectivity index (χ2n) is 5.58. The van der Waals surface area contributed by atoms with E-state index in [1.165, 1.54) is 0 Å². The average Bonchev–Trinajstić information content (AvgIpc) is 2.42. The minimum absolute atomic E-state index is 0.0222. The van der Waals surface area contributed by atoms with Gasteiger partial charge in [0.2, 0.25) is 0 Å². The molecule has 0 atom stereocenters. The highest BCUT2D eigenvalue weighted by atomic mass is 16.5. The van der Waals surface area contributed by atoms with Crippen LogP contribution in [0.5, 0.6) is 5.75 Å². The van der Waals surface area contributed by atoms with E-state index in [2.05, 4.69) is 13.8 Å². The monoisotopic (exact) mass is 276 g/mol. The second-order valence-corrected chi connectivity index (χ2v) is 5.58. The van der Waals surface area contributed by atoms with Crippen LogP contribution < -0.4 is 4.74 Å². The summed E-state index contributed by atoms with van der Waals surface area (Å²) in [5.41, 5.74) is 1.11. The molecule has 0 aliphatic carbocycles. The smallest absolute Gasteiger partial charge is 0.152 e. The third-order valence-corrected chi connectivity index (χ3v) is 3.09. The maximum atomic E-state index is 10.9. The molecular weight excluding hydrogens is 252 g/mol. The lowest BCUT2D eigenvalue weighted by Crippen LogP contribution is -2.12. The fourth-order valence-corrected chi connectivity index (χ4v) is 1.67. The number of carbonyl (C=O) groups is 1. The molecule has 0 saturated heterocycles. The van der Waals surface area contributed by atoms with E-state index in [-0.39, 0.29) is 11.2 Å². The number of ether oxygens (including phenoxy) is 2. The molecule has 110 valence electrons. The molecule has 0 unspecified atom stereocenters. The number of carbonyl (C=O) groups excluding carboxylic acids is 1. The Bertz CT molecular complexity index is 444. The molecule has 0 aliphatic heterocycles. The Morgan fingerprint density at radius 3 is 2.45 bits per heavy atom. The van der Waals surface area contributed by atoms with Gasteiger partial charge in [-0.1, -0.05) is 32.1 Å². The third-order valence-electron chi connectivity index (χ3n) is 3.09. The van der Waals surface area contributed by atoms with Crippen LogP contribution in [0.15, 0.2) is 36.4 Å². The Hall–Kier alpha value is -1.61. The molecule has 0 fully saturated rings. The number of allylic oxidation sites excluding steroid dienone is 2. The summed E-state index contributed by atoms with van der Waals surface area (Å²) in [7, 11) is 1.65. The van der Waals surface area contributed by atoms with Crippen molar-refractivity contribution in [3.63, 3.8) is 0 Å². The molecule has 20 heavy (non-hydrogen) atoms. The summed E-state index contributed by atoms with van der Waals surface area (Å²) in [4.78, 5) is 10.9. The van der Waals surface area contributed by atoms with Gasteiger partial charge in [-0.3, -0.25) is 4.79 Å². The number of hydrogen-bond donors (Lipinski definition) is 0. The lowest BCUT2D eigenvalue weighted by atomic mass is 9.89. The van der Waals surface area contributed by atoms with Crippen molar-refractivity contribution in [2.45, 2.75) is 33.8 Å². The van der Waals surface area contributed by atoms with E-state index in [4.69, 9.17) is 9.47 Å². The van der Waals surface area contributed by atoms with Crippen molar-refractivity contribution in [2.24, 2.45) is 5.41 Å². The van der Waals surface area contributed by atoms with Gasteiger partial charge >= 0.3 is 0 Å². The molecule has 1 aromatic rings. The molecule has 0 radical (unpaired) electrons. The SMILES string of the molecule is COc1ccc(COCCC(C)(C)/C=C\C(C)=O)cc1. The zero-order chi connectivity index (χ0) is 15.0. The van der Waals surface area contributed by atoms with E-state index in [9.17, 15) is 4.79 Å². The Labute approximate surface area is 121 Å². The molecule has 0 aliphatic rings. The Morgan fingerprint density at radius 2 is 1.90 bits per heavy atom. The molecule has 1 rings (SSSR count). The molecule has 3 nitrogen and oxygen atoms in total. The summed E-state index contributed by atoms with van der Waals surface area (Å²) in [5, 5.41) is 0. The van der Waals surface area contributed by atoms with Crippen molar-refractivity contribution < 1.29 is 14.3 Å².